The summed E-state index contributed by atoms with van der Waals surface area (Å²) < 4.78 is 11.9. The predicted octanol–water partition coefficient (Wildman–Crippen LogP) is 4.83. The van der Waals surface area contributed by atoms with Crippen molar-refractivity contribution in [1.82, 2.24) is 9.97 Å². The molecule has 0 atom stereocenters. The number of aromatic nitrogens is 2. The van der Waals surface area contributed by atoms with Crippen molar-refractivity contribution in [2.24, 2.45) is 0 Å². The number of carbonyl (C=O) groups is 2. The summed E-state index contributed by atoms with van der Waals surface area (Å²) in [6.45, 7) is 1.54. The van der Waals surface area contributed by atoms with Gasteiger partial charge in [0.15, 0.2) is 6.61 Å². The Bertz CT molecular complexity index is 1190. The molecule has 0 fully saturated rings. The van der Waals surface area contributed by atoms with E-state index in [4.69, 9.17) is 9.47 Å². The lowest BCUT2D eigenvalue weighted by atomic mass is 10.1. The van der Waals surface area contributed by atoms with Gasteiger partial charge < -0.3 is 9.47 Å². The van der Waals surface area contributed by atoms with Crippen molar-refractivity contribution >= 4 is 33.2 Å². The Kier molecular flexibility index (Phi) is 5.31. The molecule has 0 N–H and O–H groups in total. The van der Waals surface area contributed by atoms with Gasteiger partial charge in [-0.15, -0.1) is 11.3 Å². The van der Waals surface area contributed by atoms with Gasteiger partial charge in [0.2, 0.25) is 11.7 Å². The zero-order valence-electron chi connectivity index (χ0n) is 15.5. The number of thiophene rings is 1. The fourth-order valence-corrected chi connectivity index (χ4v) is 3.99. The maximum Gasteiger partial charge on any atom is 0.344 e. The average molecular weight is 404 g/mol. The second-order valence-corrected chi connectivity index (χ2v) is 7.25. The summed E-state index contributed by atoms with van der Waals surface area (Å²) in [6, 6.07) is 14.4. The van der Waals surface area contributed by atoms with Crippen molar-refractivity contribution in [3.05, 3.63) is 83.1 Å². The highest BCUT2D eigenvalue weighted by Crippen LogP contribution is 2.31. The molecule has 3 aromatic heterocycles. The van der Waals surface area contributed by atoms with E-state index < -0.39 is 5.97 Å². The average Bonchev–Trinajstić information content (AvgIpc) is 3.10. The van der Waals surface area contributed by atoms with Gasteiger partial charge in [0.25, 0.3) is 0 Å². The van der Waals surface area contributed by atoms with E-state index in [1.54, 1.807) is 24.4 Å². The summed E-state index contributed by atoms with van der Waals surface area (Å²) in [5.41, 5.74) is 1.03. The largest absolute Gasteiger partial charge is 0.454 e. The minimum atomic E-state index is -0.677. The molecule has 4 aromatic rings. The van der Waals surface area contributed by atoms with Crippen molar-refractivity contribution in [1.29, 1.82) is 0 Å². The first-order chi connectivity index (χ1) is 14.1. The molecule has 0 unspecified atom stereocenters. The Hall–Kier alpha value is -3.58. The zero-order chi connectivity index (χ0) is 20.2. The fraction of sp³-hybridized carbons (Fsp3) is 0.0909. The number of hydrogen-bond acceptors (Lipinski definition) is 7. The van der Waals surface area contributed by atoms with Gasteiger partial charge in [0, 0.05) is 17.1 Å². The number of Topliss-reactive ketones (excluding diaryl/α,β-unsaturated/α-hetero) is 1. The number of benzene rings is 1. The van der Waals surface area contributed by atoms with Gasteiger partial charge in [-0.1, -0.05) is 18.2 Å². The van der Waals surface area contributed by atoms with Gasteiger partial charge in [0.1, 0.15) is 11.3 Å². The van der Waals surface area contributed by atoms with Crippen LogP contribution in [0.15, 0.2) is 67.1 Å². The van der Waals surface area contributed by atoms with Crippen LogP contribution in [-0.2, 0) is 4.74 Å². The monoisotopic (exact) mass is 404 g/mol. The summed E-state index contributed by atoms with van der Waals surface area (Å²) in [5.74, 6) is -0.381. The molecule has 3 heterocycles. The van der Waals surface area contributed by atoms with E-state index in [0.29, 0.717) is 10.6 Å². The fourth-order valence-electron chi connectivity index (χ4n) is 2.86. The summed E-state index contributed by atoms with van der Waals surface area (Å²) in [7, 11) is 0. The summed E-state index contributed by atoms with van der Waals surface area (Å²) in [6.07, 6.45) is 4.63. The van der Waals surface area contributed by atoms with Crippen LogP contribution in [0.1, 0.15) is 25.6 Å². The lowest BCUT2D eigenvalue weighted by molar-refractivity contribution is 0.0472. The highest BCUT2D eigenvalue weighted by molar-refractivity contribution is 7.21. The van der Waals surface area contributed by atoms with E-state index in [9.17, 15) is 9.59 Å². The molecule has 6 nitrogen and oxygen atoms in total. The molecule has 0 radical (unpaired) electrons. The first-order valence-electron chi connectivity index (χ1n) is 8.85. The number of rotatable bonds is 6. The van der Waals surface area contributed by atoms with Gasteiger partial charge in [-0.25, -0.2) is 9.78 Å². The quantitative estimate of drug-likeness (QED) is 0.338. The van der Waals surface area contributed by atoms with E-state index in [0.717, 1.165) is 15.6 Å². The Morgan fingerprint density at radius 3 is 2.66 bits per heavy atom. The smallest absolute Gasteiger partial charge is 0.344 e. The Labute approximate surface area is 170 Å². The summed E-state index contributed by atoms with van der Waals surface area (Å²) in [4.78, 5) is 33.8. The molecule has 0 bridgehead atoms. The Balaban J connectivity index is 1.48. The molecule has 144 valence electrons. The summed E-state index contributed by atoms with van der Waals surface area (Å²) in [5, 5.41) is 1.03. The molecule has 7 heteroatoms. The van der Waals surface area contributed by atoms with Crippen LogP contribution in [0, 0.1) is 6.92 Å². The maximum atomic E-state index is 12.6. The van der Waals surface area contributed by atoms with Gasteiger partial charge in [-0.3, -0.25) is 9.78 Å². The molecule has 0 saturated heterocycles. The topological polar surface area (TPSA) is 78.4 Å². The number of ketones is 1. The lowest BCUT2D eigenvalue weighted by Crippen LogP contribution is -2.15. The number of aryl methyl sites for hydroxylation is 1. The van der Waals surface area contributed by atoms with Crippen LogP contribution < -0.4 is 4.74 Å². The number of nitrogens with zero attached hydrogens (tertiary/aromatic N) is 2. The third-order valence-corrected chi connectivity index (χ3v) is 5.59. The molecule has 0 saturated carbocycles. The van der Waals surface area contributed by atoms with E-state index in [1.165, 1.54) is 29.8 Å². The van der Waals surface area contributed by atoms with Crippen LogP contribution >= 0.6 is 11.3 Å². The van der Waals surface area contributed by atoms with Crippen LogP contribution in [0.3, 0.4) is 0 Å². The number of pyridine rings is 2. The molecule has 0 aliphatic heterocycles. The molecule has 0 aliphatic rings. The van der Waals surface area contributed by atoms with Crippen molar-refractivity contribution < 1.29 is 19.1 Å². The Morgan fingerprint density at radius 1 is 1.03 bits per heavy atom. The van der Waals surface area contributed by atoms with Crippen LogP contribution in [-0.4, -0.2) is 28.3 Å². The highest BCUT2D eigenvalue weighted by atomic mass is 32.1. The molecule has 0 spiro atoms. The van der Waals surface area contributed by atoms with Crippen LogP contribution in [0.4, 0.5) is 0 Å². The number of fused-ring (bicyclic) bond motifs is 1. The third-order valence-electron chi connectivity index (χ3n) is 4.27. The van der Waals surface area contributed by atoms with Crippen LogP contribution in [0.25, 0.3) is 10.1 Å². The van der Waals surface area contributed by atoms with E-state index in [2.05, 4.69) is 9.97 Å². The van der Waals surface area contributed by atoms with Crippen molar-refractivity contribution in [3.8, 4) is 11.6 Å². The molecule has 1 aromatic carbocycles. The number of ether oxygens (including phenoxy) is 2. The molecular formula is C22H16N2O4S. The SMILES string of the molecule is Cc1c(C(=O)COC(=O)c2cccnc2Oc2cccnc2)sc2ccccc12. The van der Waals surface area contributed by atoms with E-state index in [1.807, 2.05) is 31.2 Å². The van der Waals surface area contributed by atoms with Gasteiger partial charge >= 0.3 is 5.97 Å². The first kappa shape index (κ1) is 18.8. The minimum absolute atomic E-state index is 0.0935. The highest BCUT2D eigenvalue weighted by Gasteiger charge is 2.20. The Morgan fingerprint density at radius 2 is 1.86 bits per heavy atom. The second-order valence-electron chi connectivity index (χ2n) is 6.20. The van der Waals surface area contributed by atoms with E-state index >= 15 is 0 Å². The minimum Gasteiger partial charge on any atom is -0.454 e. The predicted molar refractivity (Wildman–Crippen MR) is 110 cm³/mol. The standard InChI is InChI=1S/C22H16N2O4S/c1-14-16-7-2-3-9-19(16)29-20(14)18(25)13-27-22(26)17-8-5-11-24-21(17)28-15-6-4-10-23-12-15/h2-12H,13H2,1H3. The molecule has 29 heavy (non-hydrogen) atoms. The van der Waals surface area contributed by atoms with Crippen LogP contribution in [0.2, 0.25) is 0 Å². The lowest BCUT2D eigenvalue weighted by Gasteiger charge is -2.09. The maximum absolute atomic E-state index is 12.6. The number of hydrogen-bond donors (Lipinski definition) is 0. The number of carbonyl (C=O) groups excluding carboxylic acids is 2. The first-order valence-corrected chi connectivity index (χ1v) is 9.66. The molecular weight excluding hydrogens is 388 g/mol. The summed E-state index contributed by atoms with van der Waals surface area (Å²) >= 11 is 1.40. The normalized spacial score (nSPS) is 10.7. The number of esters is 1. The second kappa shape index (κ2) is 8.20. The molecule has 0 amide bonds. The van der Waals surface area contributed by atoms with Gasteiger partial charge in [-0.05, 0) is 48.2 Å². The molecule has 4 rings (SSSR count). The van der Waals surface area contributed by atoms with Crippen LogP contribution in [0.5, 0.6) is 11.6 Å². The van der Waals surface area contributed by atoms with E-state index in [-0.39, 0.29) is 23.8 Å². The van der Waals surface area contributed by atoms with Gasteiger partial charge in [-0.2, -0.15) is 0 Å². The zero-order valence-corrected chi connectivity index (χ0v) is 16.3. The third kappa shape index (κ3) is 4.00. The van der Waals surface area contributed by atoms with Crippen molar-refractivity contribution in [2.45, 2.75) is 6.92 Å². The van der Waals surface area contributed by atoms with Crippen molar-refractivity contribution in [2.75, 3.05) is 6.61 Å². The van der Waals surface area contributed by atoms with Crippen molar-refractivity contribution in [3.63, 3.8) is 0 Å². The van der Waals surface area contributed by atoms with Gasteiger partial charge in [0.05, 0.1) is 11.1 Å². The molecule has 0 aliphatic carbocycles.